The van der Waals surface area contributed by atoms with Crippen molar-refractivity contribution in [3.63, 3.8) is 0 Å². The van der Waals surface area contributed by atoms with E-state index in [2.05, 4.69) is 9.97 Å². The number of carbonyl (C=O) groups is 1. The van der Waals surface area contributed by atoms with Gasteiger partial charge in [-0.3, -0.25) is 4.79 Å². The van der Waals surface area contributed by atoms with Crippen LogP contribution < -0.4 is 5.73 Å². The first-order valence-corrected chi connectivity index (χ1v) is 4.35. The number of aromatic amines is 1. The van der Waals surface area contributed by atoms with E-state index >= 15 is 0 Å². The monoisotopic (exact) mass is 281 g/mol. The first-order valence-electron chi connectivity index (χ1n) is 3.27. The molecular weight excluding hydrogens is 273 g/mol. The maximum Gasteiger partial charge on any atom is 0.320 e. The van der Waals surface area contributed by atoms with E-state index in [1.807, 2.05) is 22.6 Å². The number of aliphatic carboxylic acids is 1. The minimum absolute atomic E-state index is 0.283. The van der Waals surface area contributed by atoms with E-state index in [1.165, 1.54) is 0 Å². The molecule has 0 aromatic carbocycles. The summed E-state index contributed by atoms with van der Waals surface area (Å²) in [5.74, 6) is -1.00. The third kappa shape index (κ3) is 2.45. The SMILES string of the molecule is N[C@@H](Cc1cnc(I)[nH]1)C(=O)O. The van der Waals surface area contributed by atoms with Crippen LogP contribution in [0.1, 0.15) is 5.69 Å². The van der Waals surface area contributed by atoms with Gasteiger partial charge in [-0.1, -0.05) is 0 Å². The summed E-state index contributed by atoms with van der Waals surface area (Å²) >= 11 is 2.01. The van der Waals surface area contributed by atoms with Crippen molar-refractivity contribution in [1.82, 2.24) is 9.97 Å². The largest absolute Gasteiger partial charge is 0.480 e. The average Bonchev–Trinajstić information content (AvgIpc) is 2.35. The van der Waals surface area contributed by atoms with Gasteiger partial charge in [0.15, 0.2) is 3.83 Å². The van der Waals surface area contributed by atoms with Crippen LogP contribution in [0.4, 0.5) is 0 Å². The summed E-state index contributed by atoms with van der Waals surface area (Å²) in [6.07, 6.45) is 1.87. The molecule has 0 aliphatic carbocycles. The Morgan fingerprint density at radius 1 is 1.92 bits per heavy atom. The third-order valence-corrected chi connectivity index (χ3v) is 1.90. The van der Waals surface area contributed by atoms with Crippen LogP contribution in [-0.2, 0) is 11.2 Å². The summed E-state index contributed by atoms with van der Waals surface area (Å²) in [7, 11) is 0. The highest BCUT2D eigenvalue weighted by Gasteiger charge is 2.12. The summed E-state index contributed by atoms with van der Waals surface area (Å²) in [5.41, 5.74) is 6.05. The lowest BCUT2D eigenvalue weighted by molar-refractivity contribution is -0.138. The number of carboxylic acid groups (broad SMARTS) is 1. The predicted molar refractivity (Wildman–Crippen MR) is 50.6 cm³/mol. The fourth-order valence-electron chi connectivity index (χ4n) is 0.760. The molecule has 0 saturated heterocycles. The molecular formula is C6H8IN3O2. The molecule has 4 N–H and O–H groups in total. The number of nitrogens with two attached hydrogens (primary N) is 1. The minimum atomic E-state index is -1.00. The van der Waals surface area contributed by atoms with E-state index < -0.39 is 12.0 Å². The highest BCUT2D eigenvalue weighted by atomic mass is 127. The number of carboxylic acids is 1. The molecule has 0 saturated carbocycles. The van der Waals surface area contributed by atoms with Gasteiger partial charge in [-0.25, -0.2) is 4.98 Å². The van der Waals surface area contributed by atoms with Gasteiger partial charge in [-0.05, 0) is 22.6 Å². The number of imidazole rings is 1. The number of nitrogens with zero attached hydrogens (tertiary/aromatic N) is 1. The first-order chi connectivity index (χ1) is 5.59. The number of nitrogens with one attached hydrogen (secondary N) is 1. The molecule has 12 heavy (non-hydrogen) atoms. The van der Waals surface area contributed by atoms with Gasteiger partial charge in [0.1, 0.15) is 6.04 Å². The summed E-state index contributed by atoms with van der Waals surface area (Å²) in [5, 5.41) is 8.49. The highest BCUT2D eigenvalue weighted by molar-refractivity contribution is 14.1. The fraction of sp³-hybridized carbons (Fsp3) is 0.333. The molecule has 1 aromatic heterocycles. The van der Waals surface area contributed by atoms with E-state index in [-0.39, 0.29) is 6.42 Å². The second-order valence-electron chi connectivity index (χ2n) is 2.35. The van der Waals surface area contributed by atoms with Crippen LogP contribution in [-0.4, -0.2) is 27.1 Å². The zero-order valence-corrected chi connectivity index (χ0v) is 8.28. The van der Waals surface area contributed by atoms with Crippen LogP contribution in [0.5, 0.6) is 0 Å². The lowest BCUT2D eigenvalue weighted by Gasteiger charge is -2.02. The van der Waals surface area contributed by atoms with Crippen LogP contribution in [0.15, 0.2) is 6.20 Å². The topological polar surface area (TPSA) is 92.0 Å². The predicted octanol–water partition coefficient (Wildman–Crippen LogP) is -0.0313. The second-order valence-corrected chi connectivity index (χ2v) is 3.37. The molecule has 66 valence electrons. The van der Waals surface area contributed by atoms with Crippen LogP contribution in [0, 0.1) is 3.83 Å². The van der Waals surface area contributed by atoms with Gasteiger partial charge >= 0.3 is 5.97 Å². The summed E-state index contributed by atoms with van der Waals surface area (Å²) in [6.45, 7) is 0. The van der Waals surface area contributed by atoms with Gasteiger partial charge in [0.25, 0.3) is 0 Å². The van der Waals surface area contributed by atoms with Crippen molar-refractivity contribution < 1.29 is 9.90 Å². The standard InChI is InChI=1S/C6H8IN3O2/c7-6-9-2-3(10-6)1-4(8)5(11)12/h2,4H,1,8H2,(H,9,10)(H,11,12)/t4-/m0/s1. The number of hydrogen-bond donors (Lipinski definition) is 3. The highest BCUT2D eigenvalue weighted by Crippen LogP contribution is 2.02. The Labute approximate surface area is 82.5 Å². The van der Waals surface area contributed by atoms with Gasteiger partial charge in [-0.15, -0.1) is 0 Å². The Balaban J connectivity index is 2.58. The average molecular weight is 281 g/mol. The Morgan fingerprint density at radius 3 is 3.00 bits per heavy atom. The minimum Gasteiger partial charge on any atom is -0.480 e. The van der Waals surface area contributed by atoms with Crippen molar-refractivity contribution in [1.29, 1.82) is 0 Å². The Morgan fingerprint density at radius 2 is 2.58 bits per heavy atom. The summed E-state index contributed by atoms with van der Waals surface area (Å²) in [6, 6.07) is -0.860. The molecule has 0 radical (unpaired) electrons. The molecule has 0 amide bonds. The Hall–Kier alpha value is -0.630. The number of halogens is 1. The zero-order chi connectivity index (χ0) is 9.14. The number of H-pyrrole nitrogens is 1. The second kappa shape index (κ2) is 3.85. The van der Waals surface area contributed by atoms with Gasteiger partial charge in [0.2, 0.25) is 0 Å². The van der Waals surface area contributed by atoms with Crippen LogP contribution >= 0.6 is 22.6 Å². The summed E-state index contributed by atoms with van der Waals surface area (Å²) in [4.78, 5) is 17.2. The molecule has 6 heteroatoms. The van der Waals surface area contributed by atoms with Gasteiger partial charge in [0, 0.05) is 18.3 Å². The third-order valence-electron chi connectivity index (χ3n) is 1.35. The van der Waals surface area contributed by atoms with E-state index in [0.717, 1.165) is 9.53 Å². The quantitative estimate of drug-likeness (QED) is 0.678. The van der Waals surface area contributed by atoms with Crippen LogP contribution in [0.2, 0.25) is 0 Å². The molecule has 5 nitrogen and oxygen atoms in total. The van der Waals surface area contributed by atoms with Crippen molar-refractivity contribution in [2.24, 2.45) is 5.73 Å². The van der Waals surface area contributed by atoms with Gasteiger partial charge in [0.05, 0.1) is 0 Å². The van der Waals surface area contributed by atoms with Crippen molar-refractivity contribution in [3.05, 3.63) is 15.7 Å². The summed E-state index contributed by atoms with van der Waals surface area (Å²) < 4.78 is 0.736. The van der Waals surface area contributed by atoms with Gasteiger partial charge < -0.3 is 15.8 Å². The van der Waals surface area contributed by atoms with E-state index in [9.17, 15) is 4.79 Å². The van der Waals surface area contributed by atoms with E-state index in [1.54, 1.807) is 6.20 Å². The Kier molecular flexibility index (Phi) is 3.04. The van der Waals surface area contributed by atoms with Crippen molar-refractivity contribution in [3.8, 4) is 0 Å². The van der Waals surface area contributed by atoms with Crippen LogP contribution in [0.3, 0.4) is 0 Å². The molecule has 0 fully saturated rings. The molecule has 0 aliphatic heterocycles. The van der Waals surface area contributed by atoms with Crippen LogP contribution in [0.25, 0.3) is 0 Å². The molecule has 0 bridgehead atoms. The number of aromatic nitrogens is 2. The van der Waals surface area contributed by atoms with Crippen molar-refractivity contribution in [2.75, 3.05) is 0 Å². The van der Waals surface area contributed by atoms with Gasteiger partial charge in [-0.2, -0.15) is 0 Å². The number of rotatable bonds is 3. The molecule has 0 unspecified atom stereocenters. The number of hydrogen-bond acceptors (Lipinski definition) is 3. The van der Waals surface area contributed by atoms with E-state index in [4.69, 9.17) is 10.8 Å². The maximum atomic E-state index is 10.3. The molecule has 0 aliphatic rings. The van der Waals surface area contributed by atoms with Crippen molar-refractivity contribution >= 4 is 28.6 Å². The normalized spacial score (nSPS) is 12.8. The molecule has 1 rings (SSSR count). The molecule has 0 spiro atoms. The van der Waals surface area contributed by atoms with Crippen molar-refractivity contribution in [2.45, 2.75) is 12.5 Å². The molecule has 1 atom stereocenters. The first kappa shape index (κ1) is 9.46. The lowest BCUT2D eigenvalue weighted by atomic mass is 10.2. The fourth-order valence-corrected chi connectivity index (χ4v) is 1.25. The molecule has 1 heterocycles. The van der Waals surface area contributed by atoms with E-state index in [0.29, 0.717) is 0 Å². The molecule has 1 aromatic rings. The zero-order valence-electron chi connectivity index (χ0n) is 6.12. The smallest absolute Gasteiger partial charge is 0.320 e. The maximum absolute atomic E-state index is 10.3. The lowest BCUT2D eigenvalue weighted by Crippen LogP contribution is -2.32. The Bertz CT molecular complexity index is 286.